The Labute approximate surface area is 347 Å². The van der Waals surface area contributed by atoms with Crippen LogP contribution in [0.2, 0.25) is 0 Å². The second-order valence-corrected chi connectivity index (χ2v) is 15.1. The molecule has 12 heteroatoms. The molecule has 0 spiro atoms. The topological polar surface area (TPSA) is 204 Å². The number of nitrogens with zero attached hydrogens (tertiary/aromatic N) is 2. The number of carbonyl (C=O) groups excluding carboxylic acids is 4. The number of rotatable bonds is 16. The summed E-state index contributed by atoms with van der Waals surface area (Å²) in [4.78, 5) is 57.2. The molecule has 0 saturated heterocycles. The highest BCUT2D eigenvalue weighted by Gasteiger charge is 2.35. The maximum Gasteiger partial charge on any atom is 0.228 e. The Bertz CT molecular complexity index is 2130. The Balaban J connectivity index is 1.49. The lowest BCUT2D eigenvalue weighted by molar-refractivity contribution is -0.142. The standard InChI is InChI=1S/C47H56N6O6/c1-4-5-6-31-7-10-33(11-8-31)34-12-14-35(15-13-34)41(54)27-37(28-50)47(57)53(3)45-36-16-18-44(59-22-20-49)40(26-36)39-25-32(9-17-43(39)58-21-19-48)24-38(29-51)52-46(56)30(2)23-42(45)55/h7-18,25-26,30,37-38,45H,4-6,19-24,27-28,48-50H2,1-3H3,(H,52,56)/t30-,37+,38+,45+/m1/s1. The van der Waals surface area contributed by atoms with Gasteiger partial charge in [-0.2, -0.15) is 5.26 Å². The van der Waals surface area contributed by atoms with Crippen LogP contribution in [0.4, 0.5) is 0 Å². The van der Waals surface area contributed by atoms with Crippen molar-refractivity contribution in [1.82, 2.24) is 10.2 Å². The van der Waals surface area contributed by atoms with Gasteiger partial charge in [-0.05, 0) is 64.9 Å². The third kappa shape index (κ3) is 11.2. The number of nitriles is 1. The summed E-state index contributed by atoms with van der Waals surface area (Å²) in [6, 6.07) is 26.5. The molecule has 0 aliphatic carbocycles. The minimum absolute atomic E-state index is 0.140. The van der Waals surface area contributed by atoms with Crippen LogP contribution in [0.25, 0.3) is 22.3 Å². The smallest absolute Gasteiger partial charge is 0.228 e. The van der Waals surface area contributed by atoms with Crippen molar-refractivity contribution in [3.05, 3.63) is 107 Å². The molecule has 1 aliphatic heterocycles. The van der Waals surface area contributed by atoms with Crippen molar-refractivity contribution in [2.75, 3.05) is 39.9 Å². The summed E-state index contributed by atoms with van der Waals surface area (Å²) in [6.45, 7) is 4.56. The second kappa shape index (κ2) is 21.2. The van der Waals surface area contributed by atoms with Gasteiger partial charge >= 0.3 is 0 Å². The molecular weight excluding hydrogens is 745 g/mol. The van der Waals surface area contributed by atoms with Gasteiger partial charge < -0.3 is 36.9 Å². The molecule has 12 nitrogen and oxygen atoms in total. The Hall–Kier alpha value is -5.87. The van der Waals surface area contributed by atoms with E-state index in [2.05, 4.69) is 42.6 Å². The lowest BCUT2D eigenvalue weighted by Crippen LogP contribution is -2.44. The average molecular weight is 801 g/mol. The Morgan fingerprint density at radius 2 is 1.47 bits per heavy atom. The highest BCUT2D eigenvalue weighted by molar-refractivity contribution is 6.00. The molecule has 0 saturated carbocycles. The van der Waals surface area contributed by atoms with E-state index in [0.717, 1.165) is 36.0 Å². The van der Waals surface area contributed by atoms with Crippen LogP contribution in [0.1, 0.15) is 72.6 Å². The van der Waals surface area contributed by atoms with Crippen LogP contribution in [-0.4, -0.2) is 74.2 Å². The fourth-order valence-corrected chi connectivity index (χ4v) is 7.36. The fraction of sp³-hybridized carbons (Fsp3) is 0.383. The van der Waals surface area contributed by atoms with E-state index in [9.17, 15) is 24.4 Å². The van der Waals surface area contributed by atoms with Gasteiger partial charge in [0.05, 0.1) is 12.0 Å². The SMILES string of the molecule is CCCCc1ccc(-c2ccc(C(=O)C[C@@H](CN)C(=O)N(C)[C@@H]3C(=O)C[C@@H](C)C(=O)N[C@H](C#N)Cc4ccc(OCCN)c(c4)-c4cc3ccc4OCCN)cc2)cc1. The van der Waals surface area contributed by atoms with Crippen molar-refractivity contribution in [3.63, 3.8) is 0 Å². The largest absolute Gasteiger partial charge is 0.492 e. The molecule has 310 valence electrons. The van der Waals surface area contributed by atoms with E-state index in [-0.39, 0.29) is 57.9 Å². The molecule has 4 aromatic rings. The van der Waals surface area contributed by atoms with Gasteiger partial charge in [0.25, 0.3) is 0 Å². The van der Waals surface area contributed by atoms with Crippen LogP contribution >= 0.6 is 0 Å². The lowest BCUT2D eigenvalue weighted by atomic mass is 9.89. The van der Waals surface area contributed by atoms with Gasteiger partial charge in [-0.1, -0.05) is 80.9 Å². The summed E-state index contributed by atoms with van der Waals surface area (Å²) < 4.78 is 12.1. The van der Waals surface area contributed by atoms with E-state index in [0.29, 0.717) is 33.8 Å². The minimum Gasteiger partial charge on any atom is -0.492 e. The quantitative estimate of drug-likeness (QED) is 0.104. The van der Waals surface area contributed by atoms with Gasteiger partial charge in [-0.25, -0.2) is 0 Å². The summed E-state index contributed by atoms with van der Waals surface area (Å²) in [5.41, 5.74) is 23.9. The molecule has 1 heterocycles. The number of nitrogens with two attached hydrogens (primary N) is 3. The van der Waals surface area contributed by atoms with Gasteiger partial charge in [-0.3, -0.25) is 19.2 Å². The highest BCUT2D eigenvalue weighted by atomic mass is 16.5. The van der Waals surface area contributed by atoms with Crippen LogP contribution < -0.4 is 32.0 Å². The summed E-state index contributed by atoms with van der Waals surface area (Å²) in [5, 5.41) is 12.8. The number of hydrogen-bond donors (Lipinski definition) is 4. The molecule has 5 rings (SSSR count). The van der Waals surface area contributed by atoms with Crippen molar-refractivity contribution < 1.29 is 28.7 Å². The van der Waals surface area contributed by atoms with Gasteiger partial charge in [0.15, 0.2) is 11.6 Å². The number of amides is 2. The fourth-order valence-electron chi connectivity index (χ4n) is 7.36. The number of benzene rings is 4. The summed E-state index contributed by atoms with van der Waals surface area (Å²) in [6.07, 6.45) is 3.10. The highest BCUT2D eigenvalue weighted by Crippen LogP contribution is 2.40. The normalized spacial score (nSPS) is 17.2. The number of fused-ring (bicyclic) bond motifs is 5. The van der Waals surface area contributed by atoms with Crippen molar-refractivity contribution in [2.24, 2.45) is 29.0 Å². The van der Waals surface area contributed by atoms with Gasteiger partial charge in [0, 0.05) is 68.6 Å². The molecule has 0 fully saturated rings. The lowest BCUT2D eigenvalue weighted by Gasteiger charge is -2.32. The molecule has 1 aliphatic rings. The molecular formula is C47H56N6O6. The first-order valence-corrected chi connectivity index (χ1v) is 20.4. The van der Waals surface area contributed by atoms with E-state index < -0.39 is 41.5 Å². The van der Waals surface area contributed by atoms with Crippen LogP contribution in [0, 0.1) is 23.2 Å². The first-order chi connectivity index (χ1) is 28.5. The predicted octanol–water partition coefficient (Wildman–Crippen LogP) is 5.55. The number of aryl methyl sites for hydroxylation is 1. The number of ether oxygens (including phenoxy) is 2. The average Bonchev–Trinajstić information content (AvgIpc) is 3.25. The number of carbonyl (C=O) groups is 4. The van der Waals surface area contributed by atoms with Crippen molar-refractivity contribution >= 4 is 23.4 Å². The predicted molar refractivity (Wildman–Crippen MR) is 229 cm³/mol. The van der Waals surface area contributed by atoms with Crippen LogP contribution in [0.5, 0.6) is 11.5 Å². The minimum atomic E-state index is -1.18. The van der Waals surface area contributed by atoms with E-state index in [1.54, 1.807) is 43.3 Å². The number of unbranched alkanes of at least 4 members (excludes halogenated alkanes) is 1. The molecule has 0 radical (unpaired) electrons. The first kappa shape index (κ1) is 44.2. The monoisotopic (exact) mass is 800 g/mol. The molecule has 0 unspecified atom stereocenters. The number of Topliss-reactive ketones (excluding diaryl/α,β-unsaturated/α-hetero) is 2. The van der Waals surface area contributed by atoms with E-state index in [1.165, 1.54) is 17.5 Å². The first-order valence-electron chi connectivity index (χ1n) is 20.4. The van der Waals surface area contributed by atoms with Crippen LogP contribution in [0.3, 0.4) is 0 Å². The van der Waals surface area contributed by atoms with E-state index in [4.69, 9.17) is 26.7 Å². The van der Waals surface area contributed by atoms with Crippen molar-refractivity contribution in [3.8, 4) is 39.8 Å². The van der Waals surface area contributed by atoms with E-state index >= 15 is 0 Å². The zero-order valence-corrected chi connectivity index (χ0v) is 34.2. The maximum absolute atomic E-state index is 14.4. The summed E-state index contributed by atoms with van der Waals surface area (Å²) >= 11 is 0. The van der Waals surface area contributed by atoms with Crippen LogP contribution in [-0.2, 0) is 27.2 Å². The molecule has 59 heavy (non-hydrogen) atoms. The maximum atomic E-state index is 14.4. The third-order valence-electron chi connectivity index (χ3n) is 10.7. The van der Waals surface area contributed by atoms with Gasteiger partial charge in [0.2, 0.25) is 11.8 Å². The van der Waals surface area contributed by atoms with E-state index in [1.807, 2.05) is 24.3 Å². The molecule has 2 amide bonds. The molecule has 0 aromatic heterocycles. The number of hydrogen-bond acceptors (Lipinski definition) is 10. The number of likely N-dealkylation sites (N-methyl/N-ethyl adjacent to an activating group) is 1. The molecule has 4 atom stereocenters. The molecule has 4 bridgehead atoms. The Kier molecular flexibility index (Phi) is 15.9. The van der Waals surface area contributed by atoms with Crippen molar-refractivity contribution in [2.45, 2.75) is 64.5 Å². The molecule has 7 N–H and O–H groups in total. The Morgan fingerprint density at radius 3 is 2.07 bits per heavy atom. The van der Waals surface area contributed by atoms with Crippen LogP contribution in [0.15, 0.2) is 84.9 Å². The number of ketones is 2. The summed E-state index contributed by atoms with van der Waals surface area (Å²) in [5.74, 6) is -2.47. The summed E-state index contributed by atoms with van der Waals surface area (Å²) in [7, 11) is 1.51. The third-order valence-corrected chi connectivity index (χ3v) is 10.7. The zero-order valence-electron chi connectivity index (χ0n) is 34.2. The second-order valence-electron chi connectivity index (χ2n) is 15.1. The number of nitrogens with one attached hydrogen (secondary N) is 1. The zero-order chi connectivity index (χ0) is 42.5. The van der Waals surface area contributed by atoms with Crippen molar-refractivity contribution in [1.29, 1.82) is 5.26 Å². The van der Waals surface area contributed by atoms with Gasteiger partial charge in [-0.15, -0.1) is 0 Å². The Morgan fingerprint density at radius 1 is 0.864 bits per heavy atom. The van der Waals surface area contributed by atoms with Gasteiger partial charge in [0.1, 0.15) is 36.8 Å². The molecule has 4 aromatic carbocycles.